The van der Waals surface area contributed by atoms with Gasteiger partial charge in [0.05, 0.1) is 0 Å². The molecule has 182 valence electrons. The van der Waals surface area contributed by atoms with Gasteiger partial charge in [-0.05, 0) is 78.3 Å². The molecule has 0 bridgehead atoms. The average molecular weight is 479 g/mol. The van der Waals surface area contributed by atoms with Crippen molar-refractivity contribution in [1.29, 1.82) is 0 Å². The van der Waals surface area contributed by atoms with Crippen LogP contribution < -0.4 is 0 Å². The number of hydrogen-bond donors (Lipinski definition) is 0. The van der Waals surface area contributed by atoms with E-state index in [4.69, 9.17) is 8.83 Å². The van der Waals surface area contributed by atoms with Crippen LogP contribution in [0.4, 0.5) is 0 Å². The first-order chi connectivity index (χ1) is 17.4. The van der Waals surface area contributed by atoms with Gasteiger partial charge in [0.25, 0.3) is 0 Å². The molecule has 6 nitrogen and oxygen atoms in total. The highest BCUT2D eigenvalue weighted by Gasteiger charge is 2.15. The van der Waals surface area contributed by atoms with Gasteiger partial charge >= 0.3 is 0 Å². The van der Waals surface area contributed by atoms with Gasteiger partial charge in [-0.1, -0.05) is 58.0 Å². The Bertz CT molecular complexity index is 1320. The van der Waals surface area contributed by atoms with Crippen LogP contribution >= 0.6 is 0 Å². The van der Waals surface area contributed by atoms with E-state index in [2.05, 4.69) is 72.4 Å². The second-order valence-electron chi connectivity index (χ2n) is 10.00. The van der Waals surface area contributed by atoms with Gasteiger partial charge in [-0.15, -0.1) is 20.4 Å². The number of aromatic nitrogens is 4. The fourth-order valence-corrected chi connectivity index (χ4v) is 4.21. The van der Waals surface area contributed by atoms with Gasteiger partial charge < -0.3 is 8.83 Å². The molecule has 0 spiro atoms. The molecule has 0 saturated carbocycles. The molecule has 36 heavy (non-hydrogen) atoms. The lowest BCUT2D eigenvalue weighted by Gasteiger charge is -2.04. The third-order valence-electron chi connectivity index (χ3n) is 5.90. The van der Waals surface area contributed by atoms with E-state index in [9.17, 15) is 0 Å². The monoisotopic (exact) mass is 478 g/mol. The third-order valence-corrected chi connectivity index (χ3v) is 5.90. The zero-order valence-corrected chi connectivity index (χ0v) is 21.1. The maximum atomic E-state index is 5.99. The van der Waals surface area contributed by atoms with E-state index in [1.807, 2.05) is 48.5 Å². The lowest BCUT2D eigenvalue weighted by Crippen LogP contribution is -1.93. The van der Waals surface area contributed by atoms with Crippen molar-refractivity contribution in [2.24, 2.45) is 11.8 Å². The zero-order valence-electron chi connectivity index (χ0n) is 21.1. The summed E-state index contributed by atoms with van der Waals surface area (Å²) in [5.74, 6) is 3.10. The maximum absolute atomic E-state index is 5.99. The minimum Gasteiger partial charge on any atom is -0.416 e. The molecule has 5 rings (SSSR count). The molecule has 0 N–H and O–H groups in total. The maximum Gasteiger partial charge on any atom is 0.248 e. The van der Waals surface area contributed by atoms with Crippen molar-refractivity contribution in [2.75, 3.05) is 0 Å². The summed E-state index contributed by atoms with van der Waals surface area (Å²) < 4.78 is 12.0. The van der Waals surface area contributed by atoms with Gasteiger partial charge in [0.2, 0.25) is 23.6 Å². The largest absolute Gasteiger partial charge is 0.416 e. The highest BCUT2D eigenvalue weighted by Crippen LogP contribution is 2.29. The Morgan fingerprint density at radius 1 is 0.500 bits per heavy atom. The fraction of sp³-hybridized carbons (Fsp3) is 0.267. The van der Waals surface area contributed by atoms with Crippen molar-refractivity contribution >= 4 is 0 Å². The summed E-state index contributed by atoms with van der Waals surface area (Å²) >= 11 is 0. The summed E-state index contributed by atoms with van der Waals surface area (Å²) in [5.41, 5.74) is 5.98. The highest BCUT2D eigenvalue weighted by atomic mass is 16.4. The standard InChI is InChI=1S/C30H30N4O2/c1-19(2)16-21-8-12-23(13-9-21)27-31-33-29(35-27)25-6-5-7-26(18-25)30-34-32-28(36-30)24-14-10-22(11-15-24)17-20(3)4/h5-15,18-20H,16-17H2,1-4H3. The summed E-state index contributed by atoms with van der Waals surface area (Å²) in [6.45, 7) is 8.86. The summed E-state index contributed by atoms with van der Waals surface area (Å²) in [4.78, 5) is 0. The molecule has 0 amide bonds. The molecule has 0 fully saturated rings. The van der Waals surface area contributed by atoms with Crippen LogP contribution in [0.5, 0.6) is 0 Å². The van der Waals surface area contributed by atoms with Crippen LogP contribution in [0, 0.1) is 11.8 Å². The average Bonchev–Trinajstić information content (AvgIpc) is 3.55. The van der Waals surface area contributed by atoms with E-state index >= 15 is 0 Å². The Morgan fingerprint density at radius 2 is 0.861 bits per heavy atom. The van der Waals surface area contributed by atoms with Crippen molar-refractivity contribution in [3.63, 3.8) is 0 Å². The quantitative estimate of drug-likeness (QED) is 0.229. The lowest BCUT2D eigenvalue weighted by atomic mass is 10.0. The number of benzene rings is 3. The topological polar surface area (TPSA) is 77.8 Å². The van der Waals surface area contributed by atoms with Gasteiger partial charge in [-0.2, -0.15) is 0 Å². The van der Waals surface area contributed by atoms with Crippen LogP contribution in [-0.2, 0) is 12.8 Å². The molecule has 0 aliphatic heterocycles. The molecular formula is C30H30N4O2. The molecule has 0 aliphatic rings. The van der Waals surface area contributed by atoms with Crippen LogP contribution in [-0.4, -0.2) is 20.4 Å². The van der Waals surface area contributed by atoms with Crippen LogP contribution in [0.3, 0.4) is 0 Å². The SMILES string of the molecule is CC(C)Cc1ccc(-c2nnc(-c3cccc(-c4nnc(-c5ccc(CC(C)C)cc5)o4)c3)o2)cc1. The van der Waals surface area contributed by atoms with Crippen molar-refractivity contribution in [1.82, 2.24) is 20.4 Å². The minimum absolute atomic E-state index is 0.443. The summed E-state index contributed by atoms with van der Waals surface area (Å²) in [7, 11) is 0. The van der Waals surface area contributed by atoms with Crippen LogP contribution in [0.2, 0.25) is 0 Å². The van der Waals surface area contributed by atoms with Gasteiger partial charge in [0.15, 0.2) is 0 Å². The van der Waals surface area contributed by atoms with Crippen molar-refractivity contribution in [2.45, 2.75) is 40.5 Å². The minimum atomic E-state index is 0.443. The summed E-state index contributed by atoms with van der Waals surface area (Å²) in [6, 6.07) is 24.3. The van der Waals surface area contributed by atoms with Crippen LogP contribution in [0.25, 0.3) is 45.8 Å². The Hall–Kier alpha value is -4.06. The van der Waals surface area contributed by atoms with E-state index in [1.165, 1.54) is 11.1 Å². The van der Waals surface area contributed by atoms with Crippen molar-refractivity contribution in [3.8, 4) is 45.8 Å². The predicted octanol–water partition coefficient (Wildman–Crippen LogP) is 7.52. The van der Waals surface area contributed by atoms with Crippen LogP contribution in [0.15, 0.2) is 81.6 Å². The van der Waals surface area contributed by atoms with E-state index in [-0.39, 0.29) is 0 Å². The first-order valence-electron chi connectivity index (χ1n) is 12.4. The predicted molar refractivity (Wildman–Crippen MR) is 141 cm³/mol. The molecule has 0 atom stereocenters. The molecule has 0 saturated heterocycles. The number of nitrogens with zero attached hydrogens (tertiary/aromatic N) is 4. The molecule has 2 aromatic heterocycles. The van der Waals surface area contributed by atoms with E-state index in [0.717, 1.165) is 35.1 Å². The third kappa shape index (κ3) is 5.43. The second-order valence-corrected chi connectivity index (χ2v) is 10.00. The molecular weight excluding hydrogens is 448 g/mol. The van der Waals surface area contributed by atoms with E-state index < -0.39 is 0 Å². The zero-order chi connectivity index (χ0) is 25.1. The number of hydrogen-bond acceptors (Lipinski definition) is 6. The Kier molecular flexibility index (Phi) is 6.76. The Labute approximate surface area is 211 Å². The first-order valence-corrected chi connectivity index (χ1v) is 12.4. The highest BCUT2D eigenvalue weighted by molar-refractivity contribution is 5.66. The van der Waals surface area contributed by atoms with E-state index in [0.29, 0.717) is 35.4 Å². The van der Waals surface area contributed by atoms with Gasteiger partial charge in [-0.25, -0.2) is 0 Å². The van der Waals surface area contributed by atoms with Crippen molar-refractivity contribution < 1.29 is 8.83 Å². The fourth-order valence-electron chi connectivity index (χ4n) is 4.21. The summed E-state index contributed by atoms with van der Waals surface area (Å²) in [6.07, 6.45) is 2.09. The van der Waals surface area contributed by atoms with Gasteiger partial charge in [0, 0.05) is 22.3 Å². The Morgan fingerprint density at radius 3 is 1.22 bits per heavy atom. The first kappa shape index (κ1) is 23.7. The molecule has 0 unspecified atom stereocenters. The molecule has 2 heterocycles. The van der Waals surface area contributed by atoms with Crippen LogP contribution in [0.1, 0.15) is 38.8 Å². The normalized spacial score (nSPS) is 11.5. The van der Waals surface area contributed by atoms with Crippen molar-refractivity contribution in [3.05, 3.63) is 83.9 Å². The Balaban J connectivity index is 1.34. The number of rotatable bonds is 8. The lowest BCUT2D eigenvalue weighted by molar-refractivity contribution is 0.582. The van der Waals surface area contributed by atoms with Gasteiger partial charge in [0.1, 0.15) is 0 Å². The smallest absolute Gasteiger partial charge is 0.248 e. The second kappa shape index (κ2) is 10.3. The van der Waals surface area contributed by atoms with Gasteiger partial charge in [-0.3, -0.25) is 0 Å². The summed E-state index contributed by atoms with van der Waals surface area (Å²) in [5, 5.41) is 17.0. The molecule has 0 radical (unpaired) electrons. The molecule has 3 aromatic carbocycles. The molecule has 6 heteroatoms. The molecule has 0 aliphatic carbocycles. The van der Waals surface area contributed by atoms with E-state index in [1.54, 1.807) is 0 Å². The molecule has 5 aromatic rings.